The summed E-state index contributed by atoms with van der Waals surface area (Å²) in [6, 6.07) is 9.78. The minimum Gasteiger partial charge on any atom is -0.348 e. The molecule has 0 aliphatic heterocycles. The zero-order valence-corrected chi connectivity index (χ0v) is 12.8. The minimum atomic E-state index is -0.109. The molecule has 0 spiro atoms. The average Bonchev–Trinajstić information content (AvgIpc) is 2.77. The lowest BCUT2D eigenvalue weighted by Gasteiger charge is -2.17. The molecule has 0 heterocycles. The molecule has 1 aliphatic rings. The van der Waals surface area contributed by atoms with Crippen LogP contribution in [0.3, 0.4) is 0 Å². The Morgan fingerprint density at radius 3 is 2.16 bits per heavy atom. The van der Waals surface area contributed by atoms with Gasteiger partial charge in [-0.25, -0.2) is 0 Å². The first kappa shape index (κ1) is 14.4. The third-order valence-corrected chi connectivity index (χ3v) is 5.26. The Morgan fingerprint density at radius 1 is 1.21 bits per heavy atom. The molecular formula is C16H22ClNO. The Kier molecular flexibility index (Phi) is 3.65. The van der Waals surface area contributed by atoms with Gasteiger partial charge in [0.25, 0.3) is 0 Å². The molecule has 104 valence electrons. The van der Waals surface area contributed by atoms with Gasteiger partial charge in [0.2, 0.25) is 5.91 Å². The quantitative estimate of drug-likeness (QED) is 0.836. The summed E-state index contributed by atoms with van der Waals surface area (Å²) in [5.41, 5.74) is 1.18. The second-order valence-corrected chi connectivity index (χ2v) is 6.81. The first-order chi connectivity index (χ1) is 8.82. The highest BCUT2D eigenvalue weighted by Crippen LogP contribution is 2.68. The molecule has 19 heavy (non-hydrogen) atoms. The molecule has 1 unspecified atom stereocenters. The number of carbonyl (C=O) groups is 1. The number of rotatable bonds is 4. The molecule has 2 rings (SSSR count). The molecule has 2 nitrogen and oxygen atoms in total. The van der Waals surface area contributed by atoms with E-state index in [1.54, 1.807) is 0 Å². The highest BCUT2D eigenvalue weighted by atomic mass is 35.5. The SMILES string of the molecule is CC1(C)C(C(=O)NC(CCl)c2ccccc2)C1(C)C. The van der Waals surface area contributed by atoms with Crippen molar-refractivity contribution in [1.29, 1.82) is 0 Å². The van der Waals surface area contributed by atoms with E-state index >= 15 is 0 Å². The molecule has 0 radical (unpaired) electrons. The van der Waals surface area contributed by atoms with Gasteiger partial charge < -0.3 is 5.32 Å². The number of carbonyl (C=O) groups excluding carboxylic acids is 1. The molecule has 1 atom stereocenters. The van der Waals surface area contributed by atoms with Crippen LogP contribution in [0.2, 0.25) is 0 Å². The minimum absolute atomic E-state index is 0.0602. The highest BCUT2D eigenvalue weighted by molar-refractivity contribution is 6.18. The fourth-order valence-electron chi connectivity index (χ4n) is 3.00. The van der Waals surface area contributed by atoms with Crippen molar-refractivity contribution in [2.45, 2.75) is 33.7 Å². The van der Waals surface area contributed by atoms with Gasteiger partial charge in [0.1, 0.15) is 0 Å². The third-order valence-electron chi connectivity index (χ3n) is 4.96. The number of nitrogens with one attached hydrogen (secondary N) is 1. The van der Waals surface area contributed by atoms with Crippen LogP contribution in [0.25, 0.3) is 0 Å². The van der Waals surface area contributed by atoms with Crippen LogP contribution in [0.5, 0.6) is 0 Å². The van der Waals surface area contributed by atoms with Crippen LogP contribution in [0, 0.1) is 16.7 Å². The van der Waals surface area contributed by atoms with E-state index in [1.807, 2.05) is 30.3 Å². The molecule has 1 aliphatic carbocycles. The summed E-state index contributed by atoms with van der Waals surface area (Å²) in [6.07, 6.45) is 0. The van der Waals surface area contributed by atoms with Crippen molar-refractivity contribution in [2.24, 2.45) is 16.7 Å². The number of halogens is 1. The fourth-order valence-corrected chi connectivity index (χ4v) is 3.26. The zero-order chi connectivity index (χ0) is 14.3. The van der Waals surface area contributed by atoms with Crippen LogP contribution >= 0.6 is 11.6 Å². The summed E-state index contributed by atoms with van der Waals surface area (Å²) in [5, 5.41) is 3.09. The zero-order valence-electron chi connectivity index (χ0n) is 12.0. The average molecular weight is 280 g/mol. The molecule has 0 bridgehead atoms. The Balaban J connectivity index is 2.07. The summed E-state index contributed by atoms with van der Waals surface area (Å²) >= 11 is 6.00. The first-order valence-corrected chi connectivity index (χ1v) is 7.27. The molecule has 3 heteroatoms. The van der Waals surface area contributed by atoms with Crippen LogP contribution in [-0.2, 0) is 4.79 Å². The number of benzene rings is 1. The fraction of sp³-hybridized carbons (Fsp3) is 0.562. The summed E-state index contributed by atoms with van der Waals surface area (Å²) in [7, 11) is 0. The van der Waals surface area contributed by atoms with Gasteiger partial charge in [-0.3, -0.25) is 4.79 Å². The van der Waals surface area contributed by atoms with Crippen molar-refractivity contribution in [3.8, 4) is 0 Å². The predicted molar refractivity (Wildman–Crippen MR) is 79.1 cm³/mol. The van der Waals surface area contributed by atoms with Crippen molar-refractivity contribution in [2.75, 3.05) is 5.88 Å². The maximum Gasteiger partial charge on any atom is 0.224 e. The molecule has 1 aromatic carbocycles. The largest absolute Gasteiger partial charge is 0.348 e. The highest BCUT2D eigenvalue weighted by Gasteiger charge is 2.68. The van der Waals surface area contributed by atoms with Gasteiger partial charge in [-0.15, -0.1) is 11.6 Å². The second kappa shape index (κ2) is 4.82. The monoisotopic (exact) mass is 279 g/mol. The molecular weight excluding hydrogens is 258 g/mol. The molecule has 1 amide bonds. The van der Waals surface area contributed by atoms with E-state index in [-0.39, 0.29) is 28.7 Å². The van der Waals surface area contributed by atoms with E-state index in [0.29, 0.717) is 5.88 Å². The van der Waals surface area contributed by atoms with Crippen molar-refractivity contribution >= 4 is 17.5 Å². The van der Waals surface area contributed by atoms with E-state index < -0.39 is 0 Å². The lowest BCUT2D eigenvalue weighted by Crippen LogP contribution is -2.32. The van der Waals surface area contributed by atoms with E-state index in [2.05, 4.69) is 33.0 Å². The van der Waals surface area contributed by atoms with Crippen molar-refractivity contribution in [3.63, 3.8) is 0 Å². The van der Waals surface area contributed by atoms with Gasteiger partial charge >= 0.3 is 0 Å². The van der Waals surface area contributed by atoms with Gasteiger partial charge in [0.05, 0.1) is 6.04 Å². The number of hydrogen-bond donors (Lipinski definition) is 1. The Labute approximate surface area is 120 Å². The third kappa shape index (κ3) is 2.38. The molecule has 1 fully saturated rings. The molecule has 1 aromatic rings. The van der Waals surface area contributed by atoms with E-state index in [4.69, 9.17) is 11.6 Å². The summed E-state index contributed by atoms with van der Waals surface area (Å²) in [5.74, 6) is 0.572. The summed E-state index contributed by atoms with van der Waals surface area (Å²) in [4.78, 5) is 12.4. The topological polar surface area (TPSA) is 29.1 Å². The van der Waals surface area contributed by atoms with Gasteiger partial charge in [0, 0.05) is 11.8 Å². The Morgan fingerprint density at radius 2 is 1.74 bits per heavy atom. The van der Waals surface area contributed by atoms with Gasteiger partial charge in [-0.2, -0.15) is 0 Å². The van der Waals surface area contributed by atoms with E-state index in [9.17, 15) is 4.79 Å². The van der Waals surface area contributed by atoms with E-state index in [1.165, 1.54) is 0 Å². The van der Waals surface area contributed by atoms with Crippen molar-refractivity contribution < 1.29 is 4.79 Å². The number of alkyl halides is 1. The van der Waals surface area contributed by atoms with Gasteiger partial charge in [0.15, 0.2) is 0 Å². The van der Waals surface area contributed by atoms with Crippen molar-refractivity contribution in [1.82, 2.24) is 5.32 Å². The van der Waals surface area contributed by atoms with Crippen molar-refractivity contribution in [3.05, 3.63) is 35.9 Å². The molecule has 0 saturated heterocycles. The van der Waals surface area contributed by atoms with Crippen LogP contribution in [0.4, 0.5) is 0 Å². The van der Waals surface area contributed by atoms with Gasteiger partial charge in [-0.1, -0.05) is 58.0 Å². The van der Waals surface area contributed by atoms with Crippen LogP contribution < -0.4 is 5.32 Å². The molecule has 1 saturated carbocycles. The molecule has 0 aromatic heterocycles. The summed E-state index contributed by atoms with van der Waals surface area (Å²) < 4.78 is 0. The standard InChI is InChI=1S/C16H22ClNO/c1-15(2)13(16(15,3)4)14(19)18-12(10-17)11-8-6-5-7-9-11/h5-9,12-13H,10H2,1-4H3,(H,18,19). The lowest BCUT2D eigenvalue weighted by molar-refractivity contribution is -0.124. The lowest BCUT2D eigenvalue weighted by atomic mass is 10.0. The summed E-state index contributed by atoms with van der Waals surface area (Å²) in [6.45, 7) is 8.59. The van der Waals surface area contributed by atoms with Crippen LogP contribution in [0.15, 0.2) is 30.3 Å². The second-order valence-electron chi connectivity index (χ2n) is 6.50. The van der Waals surface area contributed by atoms with Crippen LogP contribution in [0.1, 0.15) is 39.3 Å². The number of hydrogen-bond acceptors (Lipinski definition) is 1. The normalized spacial score (nSPS) is 21.7. The predicted octanol–water partition coefficient (Wildman–Crippen LogP) is 3.76. The van der Waals surface area contributed by atoms with Gasteiger partial charge in [-0.05, 0) is 16.4 Å². The Hall–Kier alpha value is -1.02. The van der Waals surface area contributed by atoms with Crippen LogP contribution in [-0.4, -0.2) is 11.8 Å². The maximum absolute atomic E-state index is 12.4. The Bertz CT molecular complexity index is 453. The molecule has 1 N–H and O–H groups in total. The number of amides is 1. The van der Waals surface area contributed by atoms with E-state index in [0.717, 1.165) is 5.56 Å². The first-order valence-electron chi connectivity index (χ1n) is 6.73. The smallest absolute Gasteiger partial charge is 0.224 e. The maximum atomic E-state index is 12.4.